The number of carbonyl (C=O) groups excluding carboxylic acids is 1. The molecule has 1 amide bonds. The number of fused-ring (bicyclic) bond motifs is 2. The standard InChI is InChI=1S/C22H24N2O2S2/c1-14-12-22(2,3)24(18-10-9-15(26-4)11-16(14)18)20(25)13-27-21-23-17-7-5-6-8-19(17)28-21/h5-11,14H,12-13H2,1-4H3/t14-/m0/s1. The number of amides is 1. The minimum Gasteiger partial charge on any atom is -0.497 e. The van der Waals surface area contributed by atoms with Crippen LogP contribution in [0.1, 0.15) is 38.7 Å². The average Bonchev–Trinajstić information content (AvgIpc) is 3.08. The predicted molar refractivity (Wildman–Crippen MR) is 118 cm³/mol. The smallest absolute Gasteiger partial charge is 0.237 e. The van der Waals surface area contributed by atoms with Crippen LogP contribution in [-0.4, -0.2) is 29.3 Å². The van der Waals surface area contributed by atoms with Crippen molar-refractivity contribution < 1.29 is 9.53 Å². The van der Waals surface area contributed by atoms with Crippen LogP contribution in [0.2, 0.25) is 0 Å². The summed E-state index contributed by atoms with van der Waals surface area (Å²) < 4.78 is 7.49. The number of benzene rings is 2. The molecule has 0 unspecified atom stereocenters. The number of rotatable bonds is 4. The summed E-state index contributed by atoms with van der Waals surface area (Å²) in [5.41, 5.74) is 2.94. The molecule has 1 aliphatic rings. The number of anilines is 1. The lowest BCUT2D eigenvalue weighted by Gasteiger charge is -2.46. The van der Waals surface area contributed by atoms with E-state index in [4.69, 9.17) is 4.74 Å². The van der Waals surface area contributed by atoms with Gasteiger partial charge in [-0.05, 0) is 62.1 Å². The minimum absolute atomic E-state index is 0.118. The molecule has 146 valence electrons. The van der Waals surface area contributed by atoms with Crippen molar-refractivity contribution in [2.75, 3.05) is 17.8 Å². The maximum Gasteiger partial charge on any atom is 0.237 e. The molecule has 0 bridgehead atoms. The van der Waals surface area contributed by atoms with Crippen molar-refractivity contribution in [2.45, 2.75) is 43.0 Å². The molecule has 6 heteroatoms. The highest BCUT2D eigenvalue weighted by Gasteiger charge is 2.39. The van der Waals surface area contributed by atoms with Crippen LogP contribution in [0.3, 0.4) is 0 Å². The van der Waals surface area contributed by atoms with E-state index < -0.39 is 0 Å². The zero-order valence-electron chi connectivity index (χ0n) is 16.6. The summed E-state index contributed by atoms with van der Waals surface area (Å²) in [6.07, 6.45) is 0.921. The van der Waals surface area contributed by atoms with Crippen molar-refractivity contribution in [1.82, 2.24) is 4.98 Å². The number of carbonyl (C=O) groups is 1. The first-order chi connectivity index (χ1) is 13.4. The Labute approximate surface area is 173 Å². The number of ether oxygens (including phenoxy) is 1. The van der Waals surface area contributed by atoms with Crippen molar-refractivity contribution in [2.24, 2.45) is 0 Å². The Morgan fingerprint density at radius 1 is 1.32 bits per heavy atom. The van der Waals surface area contributed by atoms with Gasteiger partial charge in [-0.3, -0.25) is 4.79 Å². The quantitative estimate of drug-likeness (QED) is 0.514. The Bertz CT molecular complexity index is 995. The predicted octanol–water partition coefficient (Wildman–Crippen LogP) is 5.72. The van der Waals surface area contributed by atoms with Crippen molar-refractivity contribution in [3.05, 3.63) is 48.0 Å². The molecule has 28 heavy (non-hydrogen) atoms. The monoisotopic (exact) mass is 412 g/mol. The number of hydrogen-bond acceptors (Lipinski definition) is 5. The Kier molecular flexibility index (Phi) is 5.10. The molecule has 1 atom stereocenters. The van der Waals surface area contributed by atoms with E-state index in [-0.39, 0.29) is 11.4 Å². The van der Waals surface area contributed by atoms with Gasteiger partial charge >= 0.3 is 0 Å². The van der Waals surface area contributed by atoms with Gasteiger partial charge in [0, 0.05) is 11.2 Å². The minimum atomic E-state index is -0.230. The topological polar surface area (TPSA) is 42.4 Å². The highest BCUT2D eigenvalue weighted by Crippen LogP contribution is 2.45. The number of hydrogen-bond donors (Lipinski definition) is 0. The molecule has 1 aliphatic heterocycles. The third kappa shape index (κ3) is 3.51. The van der Waals surface area contributed by atoms with Gasteiger partial charge in [-0.15, -0.1) is 11.3 Å². The van der Waals surface area contributed by atoms with E-state index in [0.717, 1.165) is 32.4 Å². The van der Waals surface area contributed by atoms with Crippen molar-refractivity contribution in [3.8, 4) is 5.75 Å². The van der Waals surface area contributed by atoms with Gasteiger partial charge < -0.3 is 9.64 Å². The summed E-state index contributed by atoms with van der Waals surface area (Å²) in [6, 6.07) is 14.1. The van der Waals surface area contributed by atoms with Gasteiger partial charge in [-0.1, -0.05) is 30.8 Å². The van der Waals surface area contributed by atoms with Gasteiger partial charge in [0.25, 0.3) is 0 Å². The molecular formula is C22H24N2O2S2. The Morgan fingerprint density at radius 2 is 2.11 bits per heavy atom. The van der Waals surface area contributed by atoms with Crippen LogP contribution in [0, 0.1) is 0 Å². The third-order valence-electron chi connectivity index (χ3n) is 5.26. The fraction of sp³-hybridized carbons (Fsp3) is 0.364. The summed E-state index contributed by atoms with van der Waals surface area (Å²) in [5.74, 6) is 1.71. The maximum atomic E-state index is 13.3. The van der Waals surface area contributed by atoms with Crippen molar-refractivity contribution in [3.63, 3.8) is 0 Å². The van der Waals surface area contributed by atoms with Crippen LogP contribution in [0.4, 0.5) is 5.69 Å². The van der Waals surface area contributed by atoms with Crippen LogP contribution in [0.25, 0.3) is 10.2 Å². The fourth-order valence-corrected chi connectivity index (χ4v) is 6.03. The first kappa shape index (κ1) is 19.3. The molecule has 0 saturated carbocycles. The van der Waals surface area contributed by atoms with Gasteiger partial charge in [0.05, 0.1) is 23.1 Å². The van der Waals surface area contributed by atoms with Gasteiger partial charge in [-0.2, -0.15) is 0 Å². The van der Waals surface area contributed by atoms with Crippen LogP contribution < -0.4 is 9.64 Å². The van der Waals surface area contributed by atoms with Crippen LogP contribution in [0.5, 0.6) is 5.75 Å². The van der Waals surface area contributed by atoms with Crippen LogP contribution in [0.15, 0.2) is 46.8 Å². The summed E-state index contributed by atoms with van der Waals surface area (Å²) in [7, 11) is 1.68. The lowest BCUT2D eigenvalue weighted by Crippen LogP contribution is -2.52. The van der Waals surface area contributed by atoms with E-state index in [9.17, 15) is 4.79 Å². The summed E-state index contributed by atoms with van der Waals surface area (Å²) in [5, 5.41) is 0. The molecule has 3 aromatic rings. The molecule has 1 aromatic heterocycles. The van der Waals surface area contributed by atoms with E-state index >= 15 is 0 Å². The lowest BCUT2D eigenvalue weighted by molar-refractivity contribution is -0.117. The number of para-hydroxylation sites is 1. The number of aromatic nitrogens is 1. The second-order valence-electron chi connectivity index (χ2n) is 7.81. The first-order valence-electron chi connectivity index (χ1n) is 9.38. The third-order valence-corrected chi connectivity index (χ3v) is 7.42. The summed E-state index contributed by atoms with van der Waals surface area (Å²) >= 11 is 3.16. The van der Waals surface area contributed by atoms with E-state index in [0.29, 0.717) is 11.7 Å². The van der Waals surface area contributed by atoms with Gasteiger partial charge in [-0.25, -0.2) is 4.98 Å². The van der Waals surface area contributed by atoms with Gasteiger partial charge in [0.15, 0.2) is 4.34 Å². The highest BCUT2D eigenvalue weighted by atomic mass is 32.2. The number of nitrogens with zero attached hydrogens (tertiary/aromatic N) is 2. The normalized spacial score (nSPS) is 18.1. The Morgan fingerprint density at radius 3 is 2.86 bits per heavy atom. The molecule has 0 N–H and O–H groups in total. The fourth-order valence-electron chi connectivity index (χ4n) is 4.11. The number of thiazole rings is 1. The van der Waals surface area contributed by atoms with E-state index in [1.165, 1.54) is 17.3 Å². The van der Waals surface area contributed by atoms with Crippen LogP contribution >= 0.6 is 23.1 Å². The molecule has 2 heterocycles. The summed E-state index contributed by atoms with van der Waals surface area (Å²) in [4.78, 5) is 19.9. The average molecular weight is 413 g/mol. The van der Waals surface area contributed by atoms with Crippen molar-refractivity contribution >= 4 is 44.9 Å². The van der Waals surface area contributed by atoms with E-state index in [1.807, 2.05) is 35.2 Å². The van der Waals surface area contributed by atoms with Gasteiger partial charge in [0.1, 0.15) is 5.75 Å². The maximum absolute atomic E-state index is 13.3. The van der Waals surface area contributed by atoms with E-state index in [2.05, 4.69) is 37.9 Å². The molecule has 0 spiro atoms. The van der Waals surface area contributed by atoms with Crippen LogP contribution in [-0.2, 0) is 4.79 Å². The molecule has 2 aromatic carbocycles. The molecule has 0 aliphatic carbocycles. The molecule has 0 saturated heterocycles. The number of thioether (sulfide) groups is 1. The zero-order chi connectivity index (χ0) is 19.9. The molecular weight excluding hydrogens is 388 g/mol. The zero-order valence-corrected chi connectivity index (χ0v) is 18.2. The highest BCUT2D eigenvalue weighted by molar-refractivity contribution is 8.01. The largest absolute Gasteiger partial charge is 0.497 e. The van der Waals surface area contributed by atoms with Crippen molar-refractivity contribution in [1.29, 1.82) is 0 Å². The second kappa shape index (κ2) is 7.41. The Hall–Kier alpha value is -2.05. The summed E-state index contributed by atoms with van der Waals surface area (Å²) in [6.45, 7) is 6.52. The SMILES string of the molecule is COc1ccc2c(c1)[C@@H](C)CC(C)(C)N2C(=O)CSc1nc2ccccc2s1. The molecule has 0 fully saturated rings. The molecule has 4 nitrogen and oxygen atoms in total. The second-order valence-corrected chi connectivity index (χ2v) is 10.1. The molecule has 0 radical (unpaired) electrons. The first-order valence-corrected chi connectivity index (χ1v) is 11.2. The van der Waals surface area contributed by atoms with E-state index in [1.54, 1.807) is 18.4 Å². The Balaban J connectivity index is 1.59. The van der Waals surface area contributed by atoms with Gasteiger partial charge in [0.2, 0.25) is 5.91 Å². The number of methoxy groups -OCH3 is 1. The lowest BCUT2D eigenvalue weighted by atomic mass is 9.80. The molecule has 4 rings (SSSR count).